The molecule has 0 saturated heterocycles. The third-order valence-electron chi connectivity index (χ3n) is 5.00. The minimum Gasteiger partial charge on any atom is -0.542 e. The van der Waals surface area contributed by atoms with E-state index < -0.39 is 12.1 Å². The number of carbonyl (C=O) groups is 1. The summed E-state index contributed by atoms with van der Waals surface area (Å²) in [7, 11) is 0. The maximum absolute atomic E-state index is 10.5. The first kappa shape index (κ1) is 19.0. The summed E-state index contributed by atoms with van der Waals surface area (Å²) in [6, 6.07) is 15.0. The van der Waals surface area contributed by atoms with Crippen molar-refractivity contribution in [3.8, 4) is 5.75 Å². The average molecular weight is 380 g/mol. The molecule has 144 valence electrons. The zero-order valence-electron chi connectivity index (χ0n) is 14.8. The lowest BCUT2D eigenvalue weighted by Crippen LogP contribution is -2.65. The molecule has 4 rings (SSSR count). The molecule has 1 aromatic heterocycles. The second-order valence-electron chi connectivity index (χ2n) is 6.97. The first-order chi connectivity index (χ1) is 12.6. The van der Waals surface area contributed by atoms with Crippen molar-refractivity contribution >= 4 is 11.8 Å². The van der Waals surface area contributed by atoms with Crippen molar-refractivity contribution in [1.29, 1.82) is 0 Å². The van der Waals surface area contributed by atoms with E-state index >= 15 is 0 Å². The van der Waals surface area contributed by atoms with E-state index in [1.165, 1.54) is 11.4 Å². The highest BCUT2D eigenvalue weighted by molar-refractivity contribution is 5.70. The monoisotopic (exact) mass is 380 g/mol. The molecule has 1 aromatic carbocycles. The summed E-state index contributed by atoms with van der Waals surface area (Å²) in [5, 5.41) is 12.5. The number of ether oxygens (including phenoxy) is 1. The van der Waals surface area contributed by atoms with Crippen LogP contribution in [0.4, 0.5) is 19.0 Å². The summed E-state index contributed by atoms with van der Waals surface area (Å²) < 4.78 is 39.9. The van der Waals surface area contributed by atoms with Crippen LogP contribution in [0.1, 0.15) is 25.5 Å². The summed E-state index contributed by atoms with van der Waals surface area (Å²) in [4.78, 5) is 8.78. The molecule has 1 N–H and O–H groups in total. The van der Waals surface area contributed by atoms with Gasteiger partial charge in [0.05, 0.1) is 18.7 Å². The average Bonchev–Trinajstić information content (AvgIpc) is 2.61. The molecule has 0 bridgehead atoms. The van der Waals surface area contributed by atoms with E-state index in [9.17, 15) is 13.2 Å². The Hall–Kier alpha value is -2.77. The summed E-state index contributed by atoms with van der Waals surface area (Å²) in [5.74, 6) is -0.401. The summed E-state index contributed by atoms with van der Waals surface area (Å²) in [6.07, 6.45) is -3.04. The predicted molar refractivity (Wildman–Crippen MR) is 88.8 cm³/mol. The second-order valence-corrected chi connectivity index (χ2v) is 6.97. The van der Waals surface area contributed by atoms with E-state index in [1.807, 2.05) is 6.07 Å². The van der Waals surface area contributed by atoms with Gasteiger partial charge < -0.3 is 14.6 Å². The van der Waals surface area contributed by atoms with Gasteiger partial charge in [-0.1, -0.05) is 24.3 Å². The molecular formula is C19H19F3N2O3. The summed E-state index contributed by atoms with van der Waals surface area (Å²) >= 11 is 0. The van der Waals surface area contributed by atoms with Crippen LogP contribution in [-0.2, 0) is 10.3 Å². The van der Waals surface area contributed by atoms with Crippen LogP contribution < -0.4 is 19.7 Å². The zero-order valence-corrected chi connectivity index (χ0v) is 14.8. The van der Waals surface area contributed by atoms with E-state index in [2.05, 4.69) is 66.3 Å². The first-order valence-corrected chi connectivity index (χ1v) is 8.40. The number of nitrogens with one attached hydrogen (secondary N) is 1. The number of fused-ring (bicyclic) bond motifs is 4. The number of carboxylic acid groups (broad SMARTS) is 1. The van der Waals surface area contributed by atoms with Gasteiger partial charge >= 0.3 is 6.18 Å². The topological polar surface area (TPSA) is 65.3 Å². The van der Waals surface area contributed by atoms with Crippen molar-refractivity contribution in [2.75, 3.05) is 11.9 Å². The predicted octanol–water partition coefficient (Wildman–Crippen LogP) is 2.18. The van der Waals surface area contributed by atoms with Gasteiger partial charge in [-0.25, -0.2) is 4.57 Å². The number of carbonyl (C=O) groups excluding carboxylic acids is 1. The van der Waals surface area contributed by atoms with Crippen molar-refractivity contribution in [2.45, 2.75) is 31.6 Å². The van der Waals surface area contributed by atoms with E-state index in [0.717, 1.165) is 12.4 Å². The lowest BCUT2D eigenvalue weighted by Gasteiger charge is -2.43. The third kappa shape index (κ3) is 3.56. The number of alkyl halides is 3. The number of rotatable bonds is 0. The summed E-state index contributed by atoms with van der Waals surface area (Å²) in [6.45, 7) is 5.35. The van der Waals surface area contributed by atoms with Crippen molar-refractivity contribution in [2.24, 2.45) is 5.92 Å². The van der Waals surface area contributed by atoms with Gasteiger partial charge in [-0.3, -0.25) is 5.32 Å². The van der Waals surface area contributed by atoms with Crippen LogP contribution in [0.15, 0.2) is 48.7 Å². The molecule has 0 aliphatic carbocycles. The van der Waals surface area contributed by atoms with Gasteiger partial charge in [0.15, 0.2) is 0 Å². The van der Waals surface area contributed by atoms with Crippen LogP contribution in [0, 0.1) is 5.92 Å². The van der Waals surface area contributed by atoms with Crippen LogP contribution in [0.2, 0.25) is 0 Å². The minimum atomic E-state index is -5.19. The largest absolute Gasteiger partial charge is 0.542 e. The van der Waals surface area contributed by atoms with E-state index in [0.29, 0.717) is 12.0 Å². The van der Waals surface area contributed by atoms with E-state index in [-0.39, 0.29) is 5.54 Å². The number of anilines is 1. The number of hydrogen-bond donors (Lipinski definition) is 1. The second kappa shape index (κ2) is 6.75. The van der Waals surface area contributed by atoms with Crippen LogP contribution in [0.25, 0.3) is 0 Å². The molecule has 0 unspecified atom stereocenters. The van der Waals surface area contributed by atoms with Gasteiger partial charge in [0.25, 0.3) is 5.82 Å². The highest BCUT2D eigenvalue weighted by Crippen LogP contribution is 2.45. The van der Waals surface area contributed by atoms with Gasteiger partial charge in [0, 0.05) is 11.6 Å². The van der Waals surface area contributed by atoms with Crippen LogP contribution in [-0.4, -0.2) is 18.8 Å². The lowest BCUT2D eigenvalue weighted by molar-refractivity contribution is -0.759. The van der Waals surface area contributed by atoms with Crippen molar-refractivity contribution in [3.63, 3.8) is 0 Å². The Morgan fingerprint density at radius 3 is 2.52 bits per heavy atom. The number of pyridine rings is 1. The highest BCUT2D eigenvalue weighted by atomic mass is 19.4. The lowest BCUT2D eigenvalue weighted by atomic mass is 9.76. The SMILES string of the molecule is CC1(C)[C@H]2COc3ccccc3[C@@H]2Nc2cccc[n+]21.O=C([O-])C(F)(F)F. The first-order valence-electron chi connectivity index (χ1n) is 8.40. The quantitative estimate of drug-likeness (QED) is 0.712. The van der Waals surface area contributed by atoms with Gasteiger partial charge in [0.2, 0.25) is 0 Å². The molecule has 27 heavy (non-hydrogen) atoms. The number of nitrogens with zero attached hydrogens (tertiary/aromatic N) is 1. The Balaban J connectivity index is 0.000000260. The Morgan fingerprint density at radius 2 is 1.85 bits per heavy atom. The molecule has 0 amide bonds. The van der Waals surface area contributed by atoms with Crippen molar-refractivity contribution in [1.82, 2.24) is 0 Å². The number of halogens is 3. The number of benzene rings is 1. The van der Waals surface area contributed by atoms with Crippen molar-refractivity contribution < 1.29 is 32.4 Å². The maximum atomic E-state index is 10.5. The van der Waals surface area contributed by atoms with E-state index in [4.69, 9.17) is 14.6 Å². The highest BCUT2D eigenvalue weighted by Gasteiger charge is 2.51. The number of para-hydroxylation sites is 1. The van der Waals surface area contributed by atoms with Crippen molar-refractivity contribution in [3.05, 3.63) is 54.2 Å². The molecule has 0 radical (unpaired) electrons. The number of hydrogen-bond acceptors (Lipinski definition) is 4. The van der Waals surface area contributed by atoms with Gasteiger partial charge in [-0.15, -0.1) is 0 Å². The van der Waals surface area contributed by atoms with Crippen LogP contribution in [0.3, 0.4) is 0 Å². The maximum Gasteiger partial charge on any atom is 0.430 e. The molecular weight excluding hydrogens is 361 g/mol. The summed E-state index contributed by atoms with van der Waals surface area (Å²) in [5.41, 5.74) is 1.30. The molecule has 0 fully saturated rings. The number of aliphatic carboxylic acids is 1. The molecule has 0 spiro atoms. The fourth-order valence-corrected chi connectivity index (χ4v) is 3.55. The minimum absolute atomic E-state index is 0.0278. The number of aromatic nitrogens is 1. The molecule has 5 nitrogen and oxygen atoms in total. The van der Waals surface area contributed by atoms with Crippen LogP contribution >= 0.6 is 0 Å². The van der Waals surface area contributed by atoms with Gasteiger partial charge in [-0.05, 0) is 26.0 Å². The number of carboxylic acids is 1. The Morgan fingerprint density at radius 1 is 1.22 bits per heavy atom. The Bertz CT molecular complexity index is 852. The molecule has 2 aliphatic heterocycles. The standard InChI is InChI=1S/C17H18N2O.C2HF3O2/c1-17(2)13-11-20-14-8-4-3-7-12(14)16(13)18-15-9-5-6-10-19(15)17;3-2(4,5)1(6)7/h3-10,13,16H,11H2,1-2H3;(H,6,7)/t13-,16-;/m0./s1. The molecule has 2 aliphatic rings. The molecule has 2 aromatic rings. The molecule has 3 heterocycles. The molecule has 8 heteroatoms. The molecule has 2 atom stereocenters. The van der Waals surface area contributed by atoms with E-state index in [1.54, 1.807) is 0 Å². The molecule has 0 saturated carbocycles. The van der Waals surface area contributed by atoms with Gasteiger partial charge in [-0.2, -0.15) is 13.2 Å². The fraction of sp³-hybridized carbons (Fsp3) is 0.368. The Kier molecular flexibility index (Phi) is 4.75. The van der Waals surface area contributed by atoms with Gasteiger partial charge in [0.1, 0.15) is 23.3 Å². The fourth-order valence-electron chi connectivity index (χ4n) is 3.55. The third-order valence-corrected chi connectivity index (χ3v) is 5.00. The Labute approximate surface area is 154 Å². The zero-order chi connectivity index (χ0) is 19.8. The normalized spacial score (nSPS) is 21.8. The van der Waals surface area contributed by atoms with Crippen LogP contribution in [0.5, 0.6) is 5.75 Å². The smallest absolute Gasteiger partial charge is 0.430 e.